The Bertz CT molecular complexity index is 809. The van der Waals surface area contributed by atoms with Crippen LogP contribution in [0.25, 0.3) is 10.8 Å². The lowest BCUT2D eigenvalue weighted by molar-refractivity contribution is -0.141. The first-order valence-electron chi connectivity index (χ1n) is 7.95. The predicted molar refractivity (Wildman–Crippen MR) is 86.8 cm³/mol. The third-order valence-electron chi connectivity index (χ3n) is 4.43. The number of ether oxygens (including phenoxy) is 1. The number of carboxylic acid groups (broad SMARTS) is 1. The smallest absolute Gasteiger partial charge is 0.387 e. The summed E-state index contributed by atoms with van der Waals surface area (Å²) in [5, 5.41) is 13.2. The average molecular weight is 349 g/mol. The number of rotatable bonds is 5. The Balaban J connectivity index is 1.85. The molecule has 2 aromatic carbocycles. The van der Waals surface area contributed by atoms with E-state index in [4.69, 9.17) is 5.11 Å². The highest BCUT2D eigenvalue weighted by atomic mass is 19.3. The van der Waals surface area contributed by atoms with Crippen LogP contribution in [0.3, 0.4) is 0 Å². The minimum atomic E-state index is -3.05. The number of halogens is 2. The normalized spacial score (nSPS) is 20.0. The molecule has 0 radical (unpaired) electrons. The molecular weight excluding hydrogens is 332 g/mol. The summed E-state index contributed by atoms with van der Waals surface area (Å²) in [4.78, 5) is 23.5. The second-order valence-corrected chi connectivity index (χ2v) is 6.09. The quantitative estimate of drug-likeness (QED) is 0.867. The minimum Gasteiger partial charge on any atom is -0.481 e. The number of carbonyl (C=O) groups is 2. The van der Waals surface area contributed by atoms with Crippen LogP contribution in [0.1, 0.15) is 29.6 Å². The Morgan fingerprint density at radius 2 is 1.84 bits per heavy atom. The van der Waals surface area contributed by atoms with Crippen LogP contribution >= 0.6 is 0 Å². The lowest BCUT2D eigenvalue weighted by Gasteiger charge is -2.16. The van der Waals surface area contributed by atoms with Crippen LogP contribution in [0.15, 0.2) is 36.4 Å². The van der Waals surface area contributed by atoms with E-state index in [0.717, 1.165) is 5.39 Å². The van der Waals surface area contributed by atoms with E-state index in [1.54, 1.807) is 24.3 Å². The number of alkyl halides is 2. The maximum Gasteiger partial charge on any atom is 0.387 e. The van der Waals surface area contributed by atoms with Crippen LogP contribution in [0.4, 0.5) is 8.78 Å². The summed E-state index contributed by atoms with van der Waals surface area (Å²) in [6, 6.07) is 9.68. The lowest BCUT2D eigenvalue weighted by atomic mass is 10.0. The molecule has 1 amide bonds. The Kier molecular flexibility index (Phi) is 4.83. The topological polar surface area (TPSA) is 75.6 Å². The van der Waals surface area contributed by atoms with E-state index in [1.165, 1.54) is 12.1 Å². The fourth-order valence-corrected chi connectivity index (χ4v) is 3.19. The molecule has 0 spiro atoms. The van der Waals surface area contributed by atoms with Gasteiger partial charge in [-0.1, -0.05) is 24.3 Å². The number of hydrogen-bond acceptors (Lipinski definition) is 3. The van der Waals surface area contributed by atoms with Gasteiger partial charge in [-0.25, -0.2) is 0 Å². The molecule has 2 N–H and O–H groups in total. The molecule has 0 heterocycles. The number of aliphatic carboxylic acids is 1. The fourth-order valence-electron chi connectivity index (χ4n) is 3.19. The maximum atomic E-state index is 12.7. The summed E-state index contributed by atoms with van der Waals surface area (Å²) >= 11 is 0. The lowest BCUT2D eigenvalue weighted by Crippen LogP contribution is -2.33. The standard InChI is InChI=1S/C18H17F2NO4/c19-18(20)25-15-9-11-4-2-1-3-10(11)8-14(15)16(22)21-13-6-5-12(7-13)17(23)24/h1-4,8-9,12-13,18H,5-7H2,(H,21,22)(H,23,24)/t12-,13+/m0/s1. The van der Waals surface area contributed by atoms with Gasteiger partial charge in [0.05, 0.1) is 11.5 Å². The summed E-state index contributed by atoms with van der Waals surface area (Å²) in [6.07, 6.45) is 1.36. The van der Waals surface area contributed by atoms with Gasteiger partial charge in [0.15, 0.2) is 0 Å². The molecule has 5 nitrogen and oxygen atoms in total. The van der Waals surface area contributed by atoms with E-state index < -0.39 is 24.4 Å². The van der Waals surface area contributed by atoms with Gasteiger partial charge in [0, 0.05) is 6.04 Å². The maximum absolute atomic E-state index is 12.7. The second kappa shape index (κ2) is 7.04. The van der Waals surface area contributed by atoms with E-state index in [-0.39, 0.29) is 17.4 Å². The number of fused-ring (bicyclic) bond motifs is 1. The van der Waals surface area contributed by atoms with E-state index in [1.807, 2.05) is 0 Å². The molecule has 0 unspecified atom stereocenters. The van der Waals surface area contributed by atoms with Crippen molar-refractivity contribution in [1.82, 2.24) is 5.32 Å². The van der Waals surface area contributed by atoms with Gasteiger partial charge in [-0.3, -0.25) is 9.59 Å². The monoisotopic (exact) mass is 349 g/mol. The van der Waals surface area contributed by atoms with Gasteiger partial charge in [-0.15, -0.1) is 0 Å². The van der Waals surface area contributed by atoms with E-state index in [2.05, 4.69) is 10.1 Å². The molecule has 2 aromatic rings. The first-order chi connectivity index (χ1) is 11.9. The first kappa shape index (κ1) is 17.1. The number of benzene rings is 2. The number of hydrogen-bond donors (Lipinski definition) is 2. The molecule has 1 saturated carbocycles. The van der Waals surface area contributed by atoms with Crippen LogP contribution in [0, 0.1) is 5.92 Å². The van der Waals surface area contributed by atoms with Gasteiger partial charge in [0.2, 0.25) is 0 Å². The minimum absolute atomic E-state index is 0.0118. The van der Waals surface area contributed by atoms with Gasteiger partial charge in [-0.05, 0) is 42.2 Å². The van der Waals surface area contributed by atoms with Crippen molar-refractivity contribution in [2.75, 3.05) is 0 Å². The van der Waals surface area contributed by atoms with Crippen molar-refractivity contribution in [3.05, 3.63) is 42.0 Å². The molecule has 1 aliphatic rings. The third-order valence-corrected chi connectivity index (χ3v) is 4.43. The molecule has 0 aromatic heterocycles. The average Bonchev–Trinajstić information content (AvgIpc) is 3.02. The zero-order chi connectivity index (χ0) is 18.0. The van der Waals surface area contributed by atoms with Crippen LogP contribution in [-0.2, 0) is 4.79 Å². The third kappa shape index (κ3) is 3.87. The number of carboxylic acids is 1. The van der Waals surface area contributed by atoms with Crippen LogP contribution < -0.4 is 10.1 Å². The molecular formula is C18H17F2NO4. The summed E-state index contributed by atoms with van der Waals surface area (Å²) in [5.74, 6) is -2.11. The second-order valence-electron chi connectivity index (χ2n) is 6.09. The van der Waals surface area contributed by atoms with E-state index in [0.29, 0.717) is 24.6 Å². The number of amides is 1. The highest BCUT2D eigenvalue weighted by Gasteiger charge is 2.31. The molecule has 0 saturated heterocycles. The molecule has 3 rings (SSSR count). The molecule has 2 atom stereocenters. The van der Waals surface area contributed by atoms with Crippen molar-refractivity contribution in [1.29, 1.82) is 0 Å². The molecule has 1 fully saturated rings. The SMILES string of the molecule is O=C(N[C@@H]1CC[C@H](C(=O)O)C1)c1cc2ccccc2cc1OC(F)F. The summed E-state index contributed by atoms with van der Waals surface area (Å²) in [5.41, 5.74) is 0.0118. The van der Waals surface area contributed by atoms with Gasteiger partial charge >= 0.3 is 12.6 Å². The molecule has 0 bridgehead atoms. The highest BCUT2D eigenvalue weighted by molar-refractivity contribution is 6.01. The Morgan fingerprint density at radius 3 is 2.44 bits per heavy atom. The Morgan fingerprint density at radius 1 is 1.16 bits per heavy atom. The van der Waals surface area contributed by atoms with Crippen molar-refractivity contribution in [2.45, 2.75) is 31.9 Å². The molecule has 1 aliphatic carbocycles. The summed E-state index contributed by atoms with van der Waals surface area (Å²) in [7, 11) is 0. The highest BCUT2D eigenvalue weighted by Crippen LogP contribution is 2.29. The molecule has 0 aliphatic heterocycles. The van der Waals surface area contributed by atoms with Gasteiger partial charge < -0.3 is 15.2 Å². The van der Waals surface area contributed by atoms with E-state index >= 15 is 0 Å². The molecule has 25 heavy (non-hydrogen) atoms. The zero-order valence-corrected chi connectivity index (χ0v) is 13.2. The van der Waals surface area contributed by atoms with Crippen molar-refractivity contribution in [3.8, 4) is 5.75 Å². The Hall–Kier alpha value is -2.70. The summed E-state index contributed by atoms with van der Waals surface area (Å²) < 4.78 is 29.9. The Labute approximate surface area is 142 Å². The van der Waals surface area contributed by atoms with Crippen molar-refractivity contribution in [2.24, 2.45) is 5.92 Å². The number of nitrogens with one attached hydrogen (secondary N) is 1. The van der Waals surface area contributed by atoms with Crippen LogP contribution in [-0.4, -0.2) is 29.6 Å². The fraction of sp³-hybridized carbons (Fsp3) is 0.333. The van der Waals surface area contributed by atoms with Gasteiger partial charge in [0.25, 0.3) is 5.91 Å². The molecule has 7 heteroatoms. The van der Waals surface area contributed by atoms with Gasteiger partial charge in [-0.2, -0.15) is 8.78 Å². The van der Waals surface area contributed by atoms with Crippen molar-refractivity contribution < 1.29 is 28.2 Å². The van der Waals surface area contributed by atoms with Crippen LogP contribution in [0.5, 0.6) is 5.75 Å². The van der Waals surface area contributed by atoms with Crippen molar-refractivity contribution in [3.63, 3.8) is 0 Å². The zero-order valence-electron chi connectivity index (χ0n) is 13.2. The van der Waals surface area contributed by atoms with Crippen molar-refractivity contribution >= 4 is 22.6 Å². The summed E-state index contributed by atoms with van der Waals surface area (Å²) in [6.45, 7) is -3.05. The van der Waals surface area contributed by atoms with Crippen LogP contribution in [0.2, 0.25) is 0 Å². The van der Waals surface area contributed by atoms with E-state index in [9.17, 15) is 18.4 Å². The predicted octanol–water partition coefficient (Wildman–Crippen LogP) is 3.42. The van der Waals surface area contributed by atoms with Gasteiger partial charge in [0.1, 0.15) is 5.75 Å². The largest absolute Gasteiger partial charge is 0.481 e. The number of carbonyl (C=O) groups excluding carboxylic acids is 1. The molecule has 132 valence electrons. The first-order valence-corrected chi connectivity index (χ1v) is 7.95.